The van der Waals surface area contributed by atoms with Gasteiger partial charge in [-0.3, -0.25) is 19.5 Å². The lowest BCUT2D eigenvalue weighted by Gasteiger charge is -2.32. The van der Waals surface area contributed by atoms with Gasteiger partial charge in [-0.25, -0.2) is 9.78 Å². The number of rotatable bonds is 10. The normalized spacial score (nSPS) is 11.6. The fraction of sp³-hybridized carbons (Fsp3) is 0.182. The van der Waals surface area contributed by atoms with E-state index >= 15 is 0 Å². The number of nitro groups is 1. The van der Waals surface area contributed by atoms with Crippen LogP contribution in [-0.2, 0) is 6.42 Å². The molecule has 1 N–H and O–H groups in total. The van der Waals surface area contributed by atoms with E-state index in [-0.39, 0.29) is 11.2 Å². The van der Waals surface area contributed by atoms with Crippen LogP contribution in [0.3, 0.4) is 0 Å². The first kappa shape index (κ1) is 29.0. The molecule has 0 aliphatic carbocycles. The van der Waals surface area contributed by atoms with E-state index in [1.807, 2.05) is 55.5 Å². The lowest BCUT2D eigenvalue weighted by Crippen LogP contribution is -2.42. The van der Waals surface area contributed by atoms with E-state index < -0.39 is 17.0 Å². The molecule has 10 nitrogen and oxygen atoms in total. The number of hydrogen-bond acceptors (Lipinski definition) is 6. The number of carbonyl (C=O) groups is 1. The number of hydrogen-bond donors (Lipinski definition) is 1. The summed E-state index contributed by atoms with van der Waals surface area (Å²) in [7, 11) is 1.54. The highest BCUT2D eigenvalue weighted by Crippen LogP contribution is 2.30. The van der Waals surface area contributed by atoms with Gasteiger partial charge in [0.2, 0.25) is 0 Å². The number of benzene rings is 4. The molecule has 0 aliphatic rings. The van der Waals surface area contributed by atoms with E-state index in [1.54, 1.807) is 42.3 Å². The fourth-order valence-electron chi connectivity index (χ4n) is 5.12. The van der Waals surface area contributed by atoms with Crippen molar-refractivity contribution < 1.29 is 14.5 Å². The average Bonchev–Trinajstić information content (AvgIpc) is 3.03. The Morgan fingerprint density at radius 1 is 0.977 bits per heavy atom. The maximum Gasteiger partial charge on any atom is 0.322 e. The Labute approximate surface area is 248 Å². The van der Waals surface area contributed by atoms with Crippen LogP contribution >= 0.6 is 0 Å². The number of anilines is 1. The van der Waals surface area contributed by atoms with Crippen LogP contribution in [0.25, 0.3) is 16.6 Å². The number of ether oxygens (including phenoxy) is 1. The second-order valence-corrected chi connectivity index (χ2v) is 9.89. The van der Waals surface area contributed by atoms with E-state index in [4.69, 9.17) is 9.72 Å². The molecular weight excluding hydrogens is 546 g/mol. The minimum Gasteiger partial charge on any atom is -0.495 e. The van der Waals surface area contributed by atoms with Crippen molar-refractivity contribution in [3.05, 3.63) is 135 Å². The summed E-state index contributed by atoms with van der Waals surface area (Å²) in [6.07, 6.45) is 1.000. The quantitative estimate of drug-likeness (QED) is 0.149. The number of carbonyl (C=O) groups excluding carboxylic acids is 1. The van der Waals surface area contributed by atoms with Crippen molar-refractivity contribution in [2.75, 3.05) is 19.0 Å². The van der Waals surface area contributed by atoms with Gasteiger partial charge in [0, 0.05) is 24.4 Å². The SMILES string of the molecule is CCC(c1nc2ccccc2c(=O)n1-c1ccccc1OC)N(CCc1ccccc1)C(=O)Nc1ccc([N+](=O)[O-])cc1. The fourth-order valence-corrected chi connectivity index (χ4v) is 5.12. The van der Waals surface area contributed by atoms with Crippen LogP contribution in [0.5, 0.6) is 5.75 Å². The van der Waals surface area contributed by atoms with Gasteiger partial charge in [0.15, 0.2) is 0 Å². The monoisotopic (exact) mass is 577 g/mol. The predicted octanol–water partition coefficient (Wildman–Crippen LogP) is 6.53. The summed E-state index contributed by atoms with van der Waals surface area (Å²) >= 11 is 0. The number of aromatic nitrogens is 2. The van der Waals surface area contributed by atoms with Crippen LogP contribution in [0.1, 0.15) is 30.8 Å². The van der Waals surface area contributed by atoms with E-state index in [2.05, 4.69) is 5.32 Å². The van der Waals surface area contributed by atoms with Crippen molar-refractivity contribution in [2.24, 2.45) is 0 Å². The maximum atomic E-state index is 14.1. The summed E-state index contributed by atoms with van der Waals surface area (Å²) < 4.78 is 7.16. The zero-order chi connectivity index (χ0) is 30.3. The molecule has 1 heterocycles. The number of amides is 2. The largest absolute Gasteiger partial charge is 0.495 e. The van der Waals surface area contributed by atoms with E-state index in [0.717, 1.165) is 5.56 Å². The van der Waals surface area contributed by atoms with Crippen LogP contribution < -0.4 is 15.6 Å². The Morgan fingerprint density at radius 2 is 1.65 bits per heavy atom. The molecular formula is C33H31N5O5. The van der Waals surface area contributed by atoms with Crippen LogP contribution in [-0.4, -0.2) is 39.1 Å². The molecule has 4 aromatic carbocycles. The molecule has 1 unspecified atom stereocenters. The number of methoxy groups -OCH3 is 1. The van der Waals surface area contributed by atoms with Gasteiger partial charge in [0.1, 0.15) is 11.6 Å². The molecule has 5 rings (SSSR count). The smallest absolute Gasteiger partial charge is 0.322 e. The minimum atomic E-state index is -0.621. The molecule has 43 heavy (non-hydrogen) atoms. The molecule has 218 valence electrons. The predicted molar refractivity (Wildman–Crippen MR) is 166 cm³/mol. The third kappa shape index (κ3) is 6.23. The molecule has 0 aliphatic heterocycles. The summed E-state index contributed by atoms with van der Waals surface area (Å²) in [5.74, 6) is 0.881. The highest BCUT2D eigenvalue weighted by Gasteiger charge is 2.30. The Morgan fingerprint density at radius 3 is 2.35 bits per heavy atom. The summed E-state index contributed by atoms with van der Waals surface area (Å²) in [6.45, 7) is 2.25. The van der Waals surface area contributed by atoms with Gasteiger partial charge in [-0.05, 0) is 54.8 Å². The Hall–Kier alpha value is -5.51. The van der Waals surface area contributed by atoms with E-state index in [0.29, 0.717) is 53.2 Å². The van der Waals surface area contributed by atoms with Crippen molar-refractivity contribution in [3.8, 4) is 11.4 Å². The molecule has 0 saturated carbocycles. The highest BCUT2D eigenvalue weighted by molar-refractivity contribution is 5.90. The van der Waals surface area contributed by atoms with Crippen molar-refractivity contribution in [1.29, 1.82) is 0 Å². The lowest BCUT2D eigenvalue weighted by atomic mass is 10.1. The van der Waals surface area contributed by atoms with Gasteiger partial charge in [-0.15, -0.1) is 0 Å². The molecule has 0 spiro atoms. The average molecular weight is 578 g/mol. The molecule has 0 bridgehead atoms. The van der Waals surface area contributed by atoms with Crippen LogP contribution in [0, 0.1) is 10.1 Å². The van der Waals surface area contributed by atoms with Crippen molar-refractivity contribution in [2.45, 2.75) is 25.8 Å². The maximum absolute atomic E-state index is 14.1. The van der Waals surface area contributed by atoms with Crippen LogP contribution in [0.2, 0.25) is 0 Å². The third-order valence-electron chi connectivity index (χ3n) is 7.26. The zero-order valence-corrected chi connectivity index (χ0v) is 23.8. The number of nitro benzene ring substituents is 1. The molecule has 0 saturated heterocycles. The Bertz CT molecular complexity index is 1810. The topological polar surface area (TPSA) is 120 Å². The number of nitrogens with zero attached hydrogens (tertiary/aromatic N) is 4. The second kappa shape index (κ2) is 13.0. The van der Waals surface area contributed by atoms with Gasteiger partial charge in [0.05, 0.1) is 34.7 Å². The summed E-state index contributed by atoms with van der Waals surface area (Å²) in [4.78, 5) is 45.3. The molecule has 5 aromatic rings. The number of para-hydroxylation sites is 3. The second-order valence-electron chi connectivity index (χ2n) is 9.89. The molecule has 1 atom stereocenters. The first-order valence-corrected chi connectivity index (χ1v) is 13.9. The summed E-state index contributed by atoms with van der Waals surface area (Å²) in [5.41, 5.74) is 2.13. The summed E-state index contributed by atoms with van der Waals surface area (Å²) in [6, 6.07) is 28.7. The molecule has 1 aromatic heterocycles. The molecule has 2 amide bonds. The zero-order valence-electron chi connectivity index (χ0n) is 23.8. The number of fused-ring (bicyclic) bond motifs is 1. The van der Waals surface area contributed by atoms with E-state index in [1.165, 1.54) is 28.8 Å². The van der Waals surface area contributed by atoms with Crippen LogP contribution in [0.15, 0.2) is 108 Å². The lowest BCUT2D eigenvalue weighted by molar-refractivity contribution is -0.384. The Kier molecular flexibility index (Phi) is 8.76. The van der Waals surface area contributed by atoms with Crippen LogP contribution in [0.4, 0.5) is 16.2 Å². The first-order valence-electron chi connectivity index (χ1n) is 13.9. The number of nitrogens with one attached hydrogen (secondary N) is 1. The molecule has 10 heteroatoms. The van der Waals surface area contributed by atoms with Gasteiger partial charge in [-0.1, -0.05) is 61.5 Å². The van der Waals surface area contributed by atoms with E-state index in [9.17, 15) is 19.7 Å². The van der Waals surface area contributed by atoms with Crippen molar-refractivity contribution in [1.82, 2.24) is 14.5 Å². The standard InChI is InChI=1S/C33H31N5O5/c1-3-28(31-35-27-14-8-7-13-26(27)32(39)37(31)29-15-9-10-16-30(29)43-2)36(22-21-23-11-5-4-6-12-23)33(40)34-24-17-19-25(20-18-24)38(41)42/h4-20,28H,3,21-22H2,1-2H3,(H,34,40). The third-order valence-corrected chi connectivity index (χ3v) is 7.26. The first-order chi connectivity index (χ1) is 20.9. The van der Waals surface area contributed by atoms with Gasteiger partial charge >= 0.3 is 6.03 Å². The molecule has 0 fully saturated rings. The highest BCUT2D eigenvalue weighted by atomic mass is 16.6. The van der Waals surface area contributed by atoms with Gasteiger partial charge in [-0.2, -0.15) is 0 Å². The minimum absolute atomic E-state index is 0.0773. The molecule has 0 radical (unpaired) electrons. The number of non-ortho nitro benzene ring substituents is 1. The Balaban J connectivity index is 1.63. The van der Waals surface area contributed by atoms with Gasteiger partial charge in [0.25, 0.3) is 11.2 Å². The number of urea groups is 1. The van der Waals surface area contributed by atoms with Crippen molar-refractivity contribution in [3.63, 3.8) is 0 Å². The summed E-state index contributed by atoms with van der Waals surface area (Å²) in [5, 5.41) is 14.5. The van der Waals surface area contributed by atoms with Gasteiger partial charge < -0.3 is 15.0 Å². The van der Waals surface area contributed by atoms with Crippen molar-refractivity contribution >= 4 is 28.3 Å².